The van der Waals surface area contributed by atoms with Gasteiger partial charge in [0.2, 0.25) is 17.6 Å². The molecule has 0 bridgehead atoms. The van der Waals surface area contributed by atoms with Gasteiger partial charge in [0.25, 0.3) is 0 Å². The zero-order valence-corrected chi connectivity index (χ0v) is 25.0. The lowest BCUT2D eigenvalue weighted by Gasteiger charge is -2.28. The second kappa shape index (κ2) is 14.2. The number of aromatic amines is 1. The molecular weight excluding hydrogens is 582 g/mol. The molecule has 44 heavy (non-hydrogen) atoms. The highest BCUT2D eigenvalue weighted by molar-refractivity contribution is 6.33. The van der Waals surface area contributed by atoms with Crippen LogP contribution >= 0.6 is 11.6 Å². The first-order valence-corrected chi connectivity index (χ1v) is 14.8. The molecule has 11 nitrogen and oxygen atoms in total. The van der Waals surface area contributed by atoms with Crippen molar-refractivity contribution in [2.24, 2.45) is 17.6 Å². The third-order valence-electron chi connectivity index (χ3n) is 8.03. The molecule has 12 heteroatoms. The number of nitrogens with zero attached hydrogens (tertiary/aromatic N) is 3. The lowest BCUT2D eigenvalue weighted by Crippen LogP contribution is -2.48. The number of hydrogen-bond donors (Lipinski definition) is 4. The van der Waals surface area contributed by atoms with Gasteiger partial charge in [0.05, 0.1) is 12.7 Å². The Kier molecular flexibility index (Phi) is 9.98. The number of ether oxygens (including phenoxy) is 1. The Balaban J connectivity index is 1.31. The van der Waals surface area contributed by atoms with Crippen LogP contribution in [0.2, 0.25) is 5.02 Å². The third-order valence-corrected chi connectivity index (χ3v) is 8.35. The summed E-state index contributed by atoms with van der Waals surface area (Å²) in [5, 5.41) is 20.3. The number of amides is 2. The molecule has 1 aliphatic carbocycles. The third kappa shape index (κ3) is 7.47. The van der Waals surface area contributed by atoms with Gasteiger partial charge in [-0.2, -0.15) is 5.21 Å². The highest BCUT2D eigenvalue weighted by Gasteiger charge is 2.29. The van der Waals surface area contributed by atoms with E-state index in [0.717, 1.165) is 47.9 Å². The molecule has 1 heterocycles. The van der Waals surface area contributed by atoms with Crippen molar-refractivity contribution in [3.63, 3.8) is 0 Å². The van der Waals surface area contributed by atoms with Gasteiger partial charge in [-0.25, -0.2) is 4.79 Å². The van der Waals surface area contributed by atoms with Crippen LogP contribution in [-0.2, 0) is 20.7 Å². The van der Waals surface area contributed by atoms with Gasteiger partial charge >= 0.3 is 5.97 Å². The summed E-state index contributed by atoms with van der Waals surface area (Å²) in [7, 11) is 1.32. The molecule has 0 unspecified atom stereocenters. The van der Waals surface area contributed by atoms with Gasteiger partial charge in [-0.15, -0.1) is 10.2 Å². The standard InChI is InChI=1S/C32H34ClN7O4/c1-44-32(43)24-12-15-26(27(33)17-24)21-6-2-19(3-7-21)16-28(36-30(41)23-8-4-20(18-34)5-9-23)31(42)35-25-13-10-22(11-14-25)29-37-39-40-38-29/h2-3,6-7,10-15,17,20,23,28H,4-5,8-9,16,18,34H2,1H3,(H,35,42)(H,36,41)(H,37,38,39,40)/t20?,23?,28-/m0/s1. The fourth-order valence-corrected chi connectivity index (χ4v) is 5.72. The summed E-state index contributed by atoms with van der Waals surface area (Å²) in [5.74, 6) is -0.178. The van der Waals surface area contributed by atoms with E-state index in [1.165, 1.54) is 7.11 Å². The van der Waals surface area contributed by atoms with Crippen LogP contribution in [-0.4, -0.2) is 58.1 Å². The summed E-state index contributed by atoms with van der Waals surface area (Å²) < 4.78 is 4.77. The van der Waals surface area contributed by atoms with E-state index < -0.39 is 12.0 Å². The van der Waals surface area contributed by atoms with Gasteiger partial charge in [-0.1, -0.05) is 41.9 Å². The molecule has 1 atom stereocenters. The topological polar surface area (TPSA) is 165 Å². The first-order chi connectivity index (χ1) is 21.3. The van der Waals surface area contributed by atoms with Crippen LogP contribution in [0.4, 0.5) is 5.69 Å². The molecule has 1 fully saturated rings. The first-order valence-electron chi connectivity index (χ1n) is 14.5. The van der Waals surface area contributed by atoms with Crippen molar-refractivity contribution >= 4 is 35.1 Å². The SMILES string of the molecule is COC(=O)c1ccc(-c2ccc(C[C@H](NC(=O)C3CCC(CN)CC3)C(=O)Nc3ccc(-c4nn[nH]n4)cc3)cc2)c(Cl)c1. The number of nitrogens with two attached hydrogens (primary N) is 1. The molecule has 5 rings (SSSR count). The maximum absolute atomic E-state index is 13.6. The summed E-state index contributed by atoms with van der Waals surface area (Å²) in [6, 6.07) is 18.9. The van der Waals surface area contributed by atoms with Crippen LogP contribution in [0.25, 0.3) is 22.5 Å². The van der Waals surface area contributed by atoms with Crippen LogP contribution in [0.5, 0.6) is 0 Å². The summed E-state index contributed by atoms with van der Waals surface area (Å²) in [6.07, 6.45) is 3.60. The zero-order valence-electron chi connectivity index (χ0n) is 24.3. The molecule has 2 amide bonds. The summed E-state index contributed by atoms with van der Waals surface area (Å²) in [5.41, 5.74) is 9.97. The molecule has 1 saturated carbocycles. The van der Waals surface area contributed by atoms with Crippen molar-refractivity contribution in [2.45, 2.75) is 38.1 Å². The van der Waals surface area contributed by atoms with Gasteiger partial charge < -0.3 is 21.1 Å². The molecule has 0 radical (unpaired) electrons. The quantitative estimate of drug-likeness (QED) is 0.191. The predicted octanol–water partition coefficient (Wildman–Crippen LogP) is 4.40. The number of halogens is 1. The lowest BCUT2D eigenvalue weighted by molar-refractivity contribution is -0.130. The number of carbonyl (C=O) groups is 3. The van der Waals surface area contributed by atoms with E-state index in [1.807, 2.05) is 24.3 Å². The van der Waals surface area contributed by atoms with E-state index in [2.05, 4.69) is 31.3 Å². The van der Waals surface area contributed by atoms with Gasteiger partial charge in [0.1, 0.15) is 6.04 Å². The van der Waals surface area contributed by atoms with Crippen molar-refractivity contribution in [3.8, 4) is 22.5 Å². The summed E-state index contributed by atoms with van der Waals surface area (Å²) >= 11 is 6.47. The number of H-pyrrole nitrogens is 1. The Morgan fingerprint density at radius 2 is 1.70 bits per heavy atom. The van der Waals surface area contributed by atoms with Crippen LogP contribution in [0.3, 0.4) is 0 Å². The van der Waals surface area contributed by atoms with Crippen LogP contribution < -0.4 is 16.4 Å². The number of benzene rings is 3. The van der Waals surface area contributed by atoms with Gasteiger partial charge in [-0.05, 0) is 90.9 Å². The average molecular weight is 616 g/mol. The first kappa shape index (κ1) is 30.8. The minimum absolute atomic E-state index is 0.123. The number of aromatic nitrogens is 4. The molecule has 1 aliphatic rings. The second-order valence-corrected chi connectivity index (χ2v) is 11.3. The molecule has 3 aromatic carbocycles. The highest BCUT2D eigenvalue weighted by atomic mass is 35.5. The number of nitrogens with one attached hydrogen (secondary N) is 3. The highest BCUT2D eigenvalue weighted by Crippen LogP contribution is 2.30. The monoisotopic (exact) mass is 615 g/mol. The number of tetrazole rings is 1. The number of esters is 1. The fraction of sp³-hybridized carbons (Fsp3) is 0.312. The van der Waals surface area contributed by atoms with Crippen molar-refractivity contribution in [3.05, 3.63) is 82.9 Å². The fourth-order valence-electron chi connectivity index (χ4n) is 5.43. The number of hydrogen-bond acceptors (Lipinski definition) is 8. The summed E-state index contributed by atoms with van der Waals surface area (Å²) in [4.78, 5) is 38.7. The van der Waals surface area contributed by atoms with Crippen molar-refractivity contribution in [1.82, 2.24) is 25.9 Å². The Bertz CT molecular complexity index is 1590. The Hall–Kier alpha value is -4.61. The van der Waals surface area contributed by atoms with Gasteiger partial charge in [0.15, 0.2) is 0 Å². The molecule has 4 aromatic rings. The largest absolute Gasteiger partial charge is 0.465 e. The smallest absolute Gasteiger partial charge is 0.337 e. The Labute approximate surface area is 259 Å². The normalized spacial score (nSPS) is 17.0. The van der Waals surface area contributed by atoms with E-state index in [-0.39, 0.29) is 24.2 Å². The van der Waals surface area contributed by atoms with Gasteiger partial charge in [-0.3, -0.25) is 9.59 Å². The van der Waals surface area contributed by atoms with Crippen LogP contribution in [0.15, 0.2) is 66.7 Å². The zero-order chi connectivity index (χ0) is 31.1. The minimum Gasteiger partial charge on any atom is -0.465 e. The van der Waals surface area contributed by atoms with E-state index in [4.69, 9.17) is 22.1 Å². The number of carbonyl (C=O) groups excluding carboxylic acids is 3. The van der Waals surface area contributed by atoms with Gasteiger partial charge in [0, 0.05) is 34.2 Å². The molecular formula is C32H34ClN7O4. The van der Waals surface area contributed by atoms with Crippen molar-refractivity contribution in [2.75, 3.05) is 19.0 Å². The molecule has 0 aliphatic heterocycles. The molecule has 228 valence electrons. The predicted molar refractivity (Wildman–Crippen MR) is 167 cm³/mol. The average Bonchev–Trinajstić information content (AvgIpc) is 3.60. The number of anilines is 1. The van der Waals surface area contributed by atoms with Crippen molar-refractivity contribution < 1.29 is 19.1 Å². The molecule has 5 N–H and O–H groups in total. The Morgan fingerprint density at radius 3 is 2.32 bits per heavy atom. The van der Waals surface area contributed by atoms with E-state index in [9.17, 15) is 14.4 Å². The molecule has 0 saturated heterocycles. The van der Waals surface area contributed by atoms with E-state index in [1.54, 1.807) is 42.5 Å². The maximum atomic E-state index is 13.6. The van der Waals surface area contributed by atoms with Crippen molar-refractivity contribution in [1.29, 1.82) is 0 Å². The van der Waals surface area contributed by atoms with Crippen LogP contribution in [0, 0.1) is 11.8 Å². The molecule has 0 spiro atoms. The van der Waals surface area contributed by atoms with Crippen LogP contribution in [0.1, 0.15) is 41.6 Å². The van der Waals surface area contributed by atoms with E-state index >= 15 is 0 Å². The molecule has 1 aromatic heterocycles. The second-order valence-electron chi connectivity index (χ2n) is 10.9. The summed E-state index contributed by atoms with van der Waals surface area (Å²) in [6.45, 7) is 0.627. The Morgan fingerprint density at radius 1 is 1.00 bits per heavy atom. The van der Waals surface area contributed by atoms with E-state index in [0.29, 0.717) is 34.6 Å². The minimum atomic E-state index is -0.805. The number of rotatable bonds is 10. The maximum Gasteiger partial charge on any atom is 0.337 e. The lowest BCUT2D eigenvalue weighted by atomic mass is 9.81. The number of methoxy groups -OCH3 is 1.